The Morgan fingerprint density at radius 3 is 2.89 bits per heavy atom. The van der Waals surface area contributed by atoms with E-state index in [1.54, 1.807) is 30.7 Å². The second kappa shape index (κ2) is 4.75. The Kier molecular flexibility index (Phi) is 3.14. The zero-order chi connectivity index (χ0) is 13.1. The van der Waals surface area contributed by atoms with Gasteiger partial charge in [-0.25, -0.2) is 4.98 Å². The van der Waals surface area contributed by atoms with Gasteiger partial charge in [-0.05, 0) is 6.07 Å². The molecule has 1 atom stereocenters. The molecule has 0 aliphatic heterocycles. The van der Waals surface area contributed by atoms with E-state index in [1.807, 2.05) is 0 Å². The molecule has 1 unspecified atom stereocenters. The number of para-hydroxylation sites is 1. The number of hydrogen-bond acceptors (Lipinski definition) is 3. The van der Waals surface area contributed by atoms with Crippen LogP contribution in [0.2, 0.25) is 0 Å². The maximum Gasteiger partial charge on any atom is 0.252 e. The number of allylic oxidation sites excluding steroid dienone is 1. The van der Waals surface area contributed by atoms with Crippen LogP contribution >= 0.6 is 0 Å². The van der Waals surface area contributed by atoms with Crippen LogP contribution in [0.5, 0.6) is 5.75 Å². The van der Waals surface area contributed by atoms with Gasteiger partial charge >= 0.3 is 0 Å². The number of carbonyl (C=O) groups is 1. The van der Waals surface area contributed by atoms with Gasteiger partial charge in [0.1, 0.15) is 5.75 Å². The van der Waals surface area contributed by atoms with Crippen molar-refractivity contribution in [2.45, 2.75) is 5.92 Å². The summed E-state index contributed by atoms with van der Waals surface area (Å²) in [6, 6.07) is 4.85. The molecule has 2 rings (SSSR count). The first-order valence-corrected chi connectivity index (χ1v) is 5.38. The smallest absolute Gasteiger partial charge is 0.252 e. The fourth-order valence-electron chi connectivity index (χ4n) is 1.86. The minimum atomic E-state index is -0.667. The number of rotatable bonds is 4. The minimum absolute atomic E-state index is 0.0925. The molecule has 0 fully saturated rings. The first kappa shape index (κ1) is 11.9. The van der Waals surface area contributed by atoms with Crippen LogP contribution in [0.3, 0.4) is 0 Å². The van der Waals surface area contributed by atoms with Crippen molar-refractivity contribution in [2.24, 2.45) is 5.73 Å². The normalized spacial score (nSPS) is 12.0. The predicted molar refractivity (Wildman–Crippen MR) is 67.3 cm³/mol. The lowest BCUT2D eigenvalue weighted by atomic mass is 9.93. The highest BCUT2D eigenvalue weighted by Gasteiger charge is 2.19. The Morgan fingerprint density at radius 1 is 1.56 bits per heavy atom. The van der Waals surface area contributed by atoms with Crippen molar-refractivity contribution in [3.63, 3.8) is 0 Å². The first-order chi connectivity index (χ1) is 8.65. The molecule has 1 aromatic carbocycles. The summed E-state index contributed by atoms with van der Waals surface area (Å²) in [6.07, 6.45) is 4.90. The Balaban J connectivity index is 2.53. The number of primary amides is 1. The molecule has 0 saturated heterocycles. The highest BCUT2D eigenvalue weighted by Crippen LogP contribution is 2.33. The van der Waals surface area contributed by atoms with Gasteiger partial charge in [0, 0.05) is 17.7 Å². The summed E-state index contributed by atoms with van der Waals surface area (Å²) in [6.45, 7) is 3.73. The van der Waals surface area contributed by atoms with E-state index < -0.39 is 5.91 Å². The van der Waals surface area contributed by atoms with Crippen LogP contribution in [0.15, 0.2) is 43.4 Å². The summed E-state index contributed by atoms with van der Waals surface area (Å²) in [5.74, 6) is -1.09. The number of H-pyrrole nitrogens is 1. The molecule has 1 heterocycles. The summed E-state index contributed by atoms with van der Waals surface area (Å²) >= 11 is 0. The van der Waals surface area contributed by atoms with Crippen LogP contribution in [0.4, 0.5) is 0 Å². The molecule has 5 heteroatoms. The van der Waals surface area contributed by atoms with Crippen molar-refractivity contribution < 1.29 is 9.90 Å². The van der Waals surface area contributed by atoms with Crippen LogP contribution in [0.1, 0.15) is 27.5 Å². The summed E-state index contributed by atoms with van der Waals surface area (Å²) in [5, 5.41) is 10.1. The zero-order valence-electron chi connectivity index (χ0n) is 9.63. The molecule has 92 valence electrons. The highest BCUT2D eigenvalue weighted by molar-refractivity contribution is 5.96. The van der Waals surface area contributed by atoms with Crippen LogP contribution in [0, 0.1) is 0 Å². The lowest BCUT2D eigenvalue weighted by molar-refractivity contribution is 0.0997. The molecule has 0 radical (unpaired) electrons. The van der Waals surface area contributed by atoms with E-state index in [-0.39, 0.29) is 17.2 Å². The van der Waals surface area contributed by atoms with Gasteiger partial charge in [0.2, 0.25) is 0 Å². The molecule has 0 aliphatic carbocycles. The minimum Gasteiger partial charge on any atom is -0.507 e. The zero-order valence-corrected chi connectivity index (χ0v) is 9.63. The number of amides is 1. The van der Waals surface area contributed by atoms with E-state index in [9.17, 15) is 9.90 Å². The fourth-order valence-corrected chi connectivity index (χ4v) is 1.86. The number of aromatic amines is 1. The Bertz CT molecular complexity index is 576. The van der Waals surface area contributed by atoms with E-state index in [0.717, 1.165) is 0 Å². The first-order valence-electron chi connectivity index (χ1n) is 5.38. The van der Waals surface area contributed by atoms with Gasteiger partial charge in [-0.1, -0.05) is 18.2 Å². The van der Waals surface area contributed by atoms with Crippen molar-refractivity contribution in [1.82, 2.24) is 9.97 Å². The third-order valence-electron chi connectivity index (χ3n) is 2.74. The average Bonchev–Trinajstić information content (AvgIpc) is 2.85. The van der Waals surface area contributed by atoms with Crippen LogP contribution in [-0.4, -0.2) is 21.0 Å². The quantitative estimate of drug-likeness (QED) is 0.711. The van der Waals surface area contributed by atoms with Crippen molar-refractivity contribution >= 4 is 5.91 Å². The van der Waals surface area contributed by atoms with Crippen LogP contribution < -0.4 is 5.73 Å². The number of nitrogens with zero attached hydrogens (tertiary/aromatic N) is 1. The monoisotopic (exact) mass is 243 g/mol. The standard InChI is InChI=1S/C13H13N3O2/c1-2-8(11-6-15-7-16-11)9-4-3-5-10(12(9)17)13(14)18/h2-8,17H,1H2,(H2,14,18)(H,15,16). The predicted octanol–water partition coefficient (Wildman–Crippen LogP) is 1.53. The molecule has 5 nitrogen and oxygen atoms in total. The van der Waals surface area contributed by atoms with E-state index in [2.05, 4.69) is 16.5 Å². The third kappa shape index (κ3) is 1.98. The second-order valence-electron chi connectivity index (χ2n) is 3.82. The van der Waals surface area contributed by atoms with Gasteiger partial charge in [0.05, 0.1) is 17.6 Å². The molecule has 0 bridgehead atoms. The van der Waals surface area contributed by atoms with Gasteiger partial charge in [-0.2, -0.15) is 0 Å². The van der Waals surface area contributed by atoms with Crippen molar-refractivity contribution in [3.05, 3.63) is 60.2 Å². The molecular weight excluding hydrogens is 230 g/mol. The van der Waals surface area contributed by atoms with Gasteiger partial charge in [-0.3, -0.25) is 4.79 Å². The van der Waals surface area contributed by atoms with Gasteiger partial charge in [-0.15, -0.1) is 6.58 Å². The van der Waals surface area contributed by atoms with E-state index in [1.165, 1.54) is 6.07 Å². The number of nitrogens with two attached hydrogens (primary N) is 1. The average molecular weight is 243 g/mol. The summed E-state index contributed by atoms with van der Waals surface area (Å²) in [4.78, 5) is 18.2. The Morgan fingerprint density at radius 2 is 2.33 bits per heavy atom. The summed E-state index contributed by atoms with van der Waals surface area (Å²) in [5.41, 5.74) is 6.55. The number of nitrogens with one attached hydrogen (secondary N) is 1. The third-order valence-corrected chi connectivity index (χ3v) is 2.74. The van der Waals surface area contributed by atoms with Crippen molar-refractivity contribution in [1.29, 1.82) is 0 Å². The second-order valence-corrected chi connectivity index (χ2v) is 3.82. The van der Waals surface area contributed by atoms with E-state index >= 15 is 0 Å². The molecular formula is C13H13N3O2. The topological polar surface area (TPSA) is 92.0 Å². The molecule has 2 aromatic rings. The molecule has 1 aromatic heterocycles. The highest BCUT2D eigenvalue weighted by atomic mass is 16.3. The molecule has 0 spiro atoms. The maximum atomic E-state index is 11.2. The number of imidazole rings is 1. The molecule has 4 N–H and O–H groups in total. The number of aromatic hydroxyl groups is 1. The Hall–Kier alpha value is -2.56. The number of benzene rings is 1. The van der Waals surface area contributed by atoms with Crippen molar-refractivity contribution in [3.8, 4) is 5.75 Å². The van der Waals surface area contributed by atoms with E-state index in [0.29, 0.717) is 11.3 Å². The number of aromatic nitrogens is 2. The summed E-state index contributed by atoms with van der Waals surface area (Å²) in [7, 11) is 0. The lowest BCUT2D eigenvalue weighted by Crippen LogP contribution is -2.12. The fraction of sp³-hybridized carbons (Fsp3) is 0.0769. The SMILES string of the molecule is C=CC(c1c[nH]cn1)c1cccc(C(N)=O)c1O. The largest absolute Gasteiger partial charge is 0.507 e. The molecule has 1 amide bonds. The van der Waals surface area contributed by atoms with Crippen LogP contribution in [-0.2, 0) is 0 Å². The van der Waals surface area contributed by atoms with Crippen molar-refractivity contribution in [2.75, 3.05) is 0 Å². The van der Waals surface area contributed by atoms with Gasteiger partial charge < -0.3 is 15.8 Å². The Labute approximate surface area is 104 Å². The maximum absolute atomic E-state index is 11.2. The molecule has 0 saturated carbocycles. The number of hydrogen-bond donors (Lipinski definition) is 3. The van der Waals surface area contributed by atoms with Gasteiger partial charge in [0.15, 0.2) is 0 Å². The number of phenols is 1. The summed E-state index contributed by atoms with van der Waals surface area (Å²) < 4.78 is 0. The van der Waals surface area contributed by atoms with Crippen LogP contribution in [0.25, 0.3) is 0 Å². The van der Waals surface area contributed by atoms with E-state index in [4.69, 9.17) is 5.73 Å². The molecule has 18 heavy (non-hydrogen) atoms. The lowest BCUT2D eigenvalue weighted by Gasteiger charge is -2.13. The number of carbonyl (C=O) groups excluding carboxylic acids is 1. The molecule has 0 aliphatic rings. The van der Waals surface area contributed by atoms with Gasteiger partial charge in [0.25, 0.3) is 5.91 Å².